The second-order valence-electron chi connectivity index (χ2n) is 11.0. The lowest BCUT2D eigenvalue weighted by Crippen LogP contribution is -2.48. The Morgan fingerprint density at radius 1 is 1.03 bits per heavy atom. The lowest BCUT2D eigenvalue weighted by molar-refractivity contribution is 0.0821. The Morgan fingerprint density at radius 3 is 2.51 bits per heavy atom. The van der Waals surface area contributed by atoms with Crippen LogP contribution in [0.25, 0.3) is 33.4 Å². The van der Waals surface area contributed by atoms with Crippen molar-refractivity contribution in [2.45, 2.75) is 64.0 Å². The molecule has 1 saturated heterocycles. The van der Waals surface area contributed by atoms with Gasteiger partial charge in [-0.05, 0) is 93.8 Å². The number of fused-ring (bicyclic) bond motifs is 2. The zero-order valence-electron chi connectivity index (χ0n) is 22.0. The SMILES string of the molecule is CNC(=O)c1ccc(-c2n[nH]c3ncc(-c4ccc5c(c4)CCC(C)(N4CCC[C@H]4C)CC5)cc23)cc1. The molecule has 1 amide bonds. The molecule has 3 heterocycles. The topological polar surface area (TPSA) is 73.9 Å². The lowest BCUT2D eigenvalue weighted by Gasteiger charge is -2.41. The Labute approximate surface area is 218 Å². The number of amides is 1. The molecule has 2 aliphatic rings. The Bertz CT molecular complexity index is 1460. The number of likely N-dealkylation sites (tertiary alicyclic amines) is 1. The van der Waals surface area contributed by atoms with Crippen LogP contribution >= 0.6 is 0 Å². The monoisotopic (exact) mass is 493 g/mol. The number of aryl methyl sites for hydroxylation is 2. The van der Waals surface area contributed by atoms with Crippen molar-refractivity contribution in [1.82, 2.24) is 25.4 Å². The van der Waals surface area contributed by atoms with Crippen molar-refractivity contribution in [3.8, 4) is 22.4 Å². The summed E-state index contributed by atoms with van der Waals surface area (Å²) in [5, 5.41) is 11.3. The Balaban J connectivity index is 1.29. The minimum absolute atomic E-state index is 0.0964. The van der Waals surface area contributed by atoms with Gasteiger partial charge in [-0.2, -0.15) is 5.10 Å². The van der Waals surface area contributed by atoms with Crippen LogP contribution in [0.4, 0.5) is 0 Å². The molecule has 6 heteroatoms. The average Bonchev–Trinajstić information content (AvgIpc) is 3.52. The number of hydrogen-bond donors (Lipinski definition) is 2. The Kier molecular flexibility index (Phi) is 6.07. The number of hydrogen-bond acceptors (Lipinski definition) is 4. The van der Waals surface area contributed by atoms with Crippen LogP contribution in [0.2, 0.25) is 0 Å². The van der Waals surface area contributed by atoms with E-state index in [0.29, 0.717) is 11.6 Å². The molecule has 190 valence electrons. The summed E-state index contributed by atoms with van der Waals surface area (Å²) in [5.74, 6) is -0.0964. The molecule has 2 aromatic heterocycles. The number of carbonyl (C=O) groups excluding carboxylic acids is 1. The third kappa shape index (κ3) is 4.33. The van der Waals surface area contributed by atoms with Crippen molar-refractivity contribution in [3.63, 3.8) is 0 Å². The molecule has 37 heavy (non-hydrogen) atoms. The molecule has 6 rings (SSSR count). The largest absolute Gasteiger partial charge is 0.355 e. The molecule has 0 radical (unpaired) electrons. The molecule has 1 aliphatic heterocycles. The molecule has 1 aliphatic carbocycles. The molecule has 0 saturated carbocycles. The summed E-state index contributed by atoms with van der Waals surface area (Å²) in [6, 6.07) is 17.4. The molecule has 1 unspecified atom stereocenters. The number of pyridine rings is 1. The van der Waals surface area contributed by atoms with Crippen LogP contribution < -0.4 is 5.32 Å². The highest BCUT2D eigenvalue weighted by Gasteiger charge is 2.38. The van der Waals surface area contributed by atoms with E-state index in [-0.39, 0.29) is 11.4 Å². The second-order valence-corrected chi connectivity index (χ2v) is 11.0. The molecule has 2 N–H and O–H groups in total. The number of nitrogens with zero attached hydrogens (tertiary/aromatic N) is 3. The van der Waals surface area contributed by atoms with Crippen molar-refractivity contribution in [2.75, 3.05) is 13.6 Å². The van der Waals surface area contributed by atoms with E-state index in [2.05, 4.69) is 63.5 Å². The van der Waals surface area contributed by atoms with Crippen molar-refractivity contribution in [3.05, 3.63) is 71.4 Å². The van der Waals surface area contributed by atoms with E-state index in [1.165, 1.54) is 48.9 Å². The molecule has 0 bridgehead atoms. The third-order valence-electron chi connectivity index (χ3n) is 8.72. The molecule has 4 aromatic rings. The maximum Gasteiger partial charge on any atom is 0.251 e. The van der Waals surface area contributed by atoms with Crippen LogP contribution in [0.3, 0.4) is 0 Å². The van der Waals surface area contributed by atoms with Gasteiger partial charge in [0.2, 0.25) is 0 Å². The second kappa shape index (κ2) is 9.42. The van der Waals surface area contributed by atoms with E-state index in [1.54, 1.807) is 7.05 Å². The van der Waals surface area contributed by atoms with Crippen LogP contribution in [0.15, 0.2) is 54.7 Å². The van der Waals surface area contributed by atoms with Gasteiger partial charge in [-0.3, -0.25) is 14.8 Å². The molecular weight excluding hydrogens is 458 g/mol. The van der Waals surface area contributed by atoms with Gasteiger partial charge in [0.05, 0.1) is 0 Å². The number of H-pyrrole nitrogens is 1. The van der Waals surface area contributed by atoms with Gasteiger partial charge < -0.3 is 5.32 Å². The summed E-state index contributed by atoms with van der Waals surface area (Å²) < 4.78 is 0. The highest BCUT2D eigenvalue weighted by Crippen LogP contribution is 2.38. The van der Waals surface area contributed by atoms with Crippen LogP contribution in [0.5, 0.6) is 0 Å². The van der Waals surface area contributed by atoms with Gasteiger partial charge in [0.25, 0.3) is 5.91 Å². The molecule has 2 aromatic carbocycles. The number of nitrogens with one attached hydrogen (secondary N) is 2. The first kappa shape index (κ1) is 23.9. The molecule has 6 nitrogen and oxygen atoms in total. The quantitative estimate of drug-likeness (QED) is 0.354. The fourth-order valence-electron chi connectivity index (χ4n) is 6.44. The van der Waals surface area contributed by atoms with Gasteiger partial charge in [-0.1, -0.05) is 30.3 Å². The first-order chi connectivity index (χ1) is 17.9. The van der Waals surface area contributed by atoms with E-state index in [1.807, 2.05) is 30.5 Å². The number of benzene rings is 2. The molecule has 0 spiro atoms. The highest BCUT2D eigenvalue weighted by molar-refractivity contribution is 5.96. The maximum atomic E-state index is 11.9. The van der Waals surface area contributed by atoms with E-state index in [0.717, 1.165) is 40.7 Å². The summed E-state index contributed by atoms with van der Waals surface area (Å²) in [5.41, 5.74) is 8.75. The smallest absolute Gasteiger partial charge is 0.251 e. The van der Waals surface area contributed by atoms with E-state index < -0.39 is 0 Å². The predicted molar refractivity (Wildman–Crippen MR) is 149 cm³/mol. The maximum absolute atomic E-state index is 11.9. The van der Waals surface area contributed by atoms with Crippen LogP contribution in [0.1, 0.15) is 61.0 Å². The van der Waals surface area contributed by atoms with Crippen LogP contribution in [0, 0.1) is 0 Å². The van der Waals surface area contributed by atoms with Gasteiger partial charge in [-0.25, -0.2) is 4.98 Å². The molecule has 2 atom stereocenters. The first-order valence-electron chi connectivity index (χ1n) is 13.5. The average molecular weight is 494 g/mol. The Morgan fingerprint density at radius 2 is 1.78 bits per heavy atom. The van der Waals surface area contributed by atoms with Gasteiger partial charge >= 0.3 is 0 Å². The minimum atomic E-state index is -0.0964. The standard InChI is InChI=1S/C31H35N5O/c1-20-5-4-16-36(20)31(2)14-12-21-6-11-24(17-25(21)13-15-31)26-18-27-28(34-35-29(27)33-19-26)22-7-9-23(10-8-22)30(37)32-3/h6-11,17-20H,4-5,12-16H2,1-3H3,(H,32,37)(H,33,34,35)/t20-,31?/m1/s1. The Hall–Kier alpha value is -3.51. The van der Waals surface area contributed by atoms with E-state index in [9.17, 15) is 4.79 Å². The fourth-order valence-corrected chi connectivity index (χ4v) is 6.44. The fraction of sp³-hybridized carbons (Fsp3) is 0.387. The summed E-state index contributed by atoms with van der Waals surface area (Å²) in [7, 11) is 1.64. The van der Waals surface area contributed by atoms with Gasteiger partial charge in [0, 0.05) is 46.9 Å². The van der Waals surface area contributed by atoms with Crippen LogP contribution in [-0.4, -0.2) is 51.2 Å². The summed E-state index contributed by atoms with van der Waals surface area (Å²) >= 11 is 0. The zero-order valence-corrected chi connectivity index (χ0v) is 22.0. The van der Waals surface area contributed by atoms with E-state index in [4.69, 9.17) is 0 Å². The van der Waals surface area contributed by atoms with E-state index >= 15 is 0 Å². The summed E-state index contributed by atoms with van der Waals surface area (Å²) in [6.07, 6.45) is 9.30. The van der Waals surface area contributed by atoms with Crippen molar-refractivity contribution in [1.29, 1.82) is 0 Å². The number of rotatable bonds is 4. The molecule has 1 fully saturated rings. The normalized spacial score (nSPS) is 22.1. The number of aromatic nitrogens is 3. The predicted octanol–water partition coefficient (Wildman–Crippen LogP) is 5.77. The highest BCUT2D eigenvalue weighted by atomic mass is 16.1. The number of aromatic amines is 1. The summed E-state index contributed by atoms with van der Waals surface area (Å²) in [6.45, 7) is 6.13. The van der Waals surface area contributed by atoms with Crippen LogP contribution in [-0.2, 0) is 12.8 Å². The zero-order chi connectivity index (χ0) is 25.6. The van der Waals surface area contributed by atoms with Gasteiger partial charge in [0.15, 0.2) is 5.65 Å². The summed E-state index contributed by atoms with van der Waals surface area (Å²) in [4.78, 5) is 19.4. The minimum Gasteiger partial charge on any atom is -0.355 e. The molecular formula is C31H35N5O. The van der Waals surface area contributed by atoms with Crippen molar-refractivity contribution >= 4 is 16.9 Å². The third-order valence-corrected chi connectivity index (χ3v) is 8.72. The van der Waals surface area contributed by atoms with Crippen molar-refractivity contribution in [2.24, 2.45) is 0 Å². The number of carbonyl (C=O) groups is 1. The van der Waals surface area contributed by atoms with Crippen molar-refractivity contribution < 1.29 is 4.79 Å². The first-order valence-corrected chi connectivity index (χ1v) is 13.5. The van der Waals surface area contributed by atoms with Gasteiger partial charge in [-0.15, -0.1) is 0 Å². The van der Waals surface area contributed by atoms with Gasteiger partial charge in [0.1, 0.15) is 5.69 Å². The lowest BCUT2D eigenvalue weighted by atomic mass is 9.89.